The molecule has 0 spiro atoms. The minimum absolute atomic E-state index is 0.484. The van der Waals surface area contributed by atoms with E-state index in [4.69, 9.17) is 10.00 Å². The fraction of sp³-hybridized carbons (Fsp3) is 0.200. The van der Waals surface area contributed by atoms with Crippen LogP contribution >= 0.6 is 0 Å². The van der Waals surface area contributed by atoms with Crippen LogP contribution in [0.5, 0.6) is 5.75 Å². The molecular weight excluding hydrogens is 224 g/mol. The average molecular weight is 238 g/mol. The van der Waals surface area contributed by atoms with Gasteiger partial charge in [0.25, 0.3) is 0 Å². The summed E-state index contributed by atoms with van der Waals surface area (Å²) in [6, 6.07) is 14.1. The van der Waals surface area contributed by atoms with Gasteiger partial charge < -0.3 is 4.74 Å². The number of hydrogen-bond donors (Lipinski definition) is 0. The van der Waals surface area contributed by atoms with E-state index in [1.54, 1.807) is 12.3 Å². The third-order valence-corrected chi connectivity index (χ3v) is 2.61. The molecular formula is C15H14N2O. The first kappa shape index (κ1) is 12.1. The van der Waals surface area contributed by atoms with E-state index in [-0.39, 0.29) is 0 Å². The number of pyridine rings is 1. The smallest absolute Gasteiger partial charge is 0.140 e. The molecule has 0 unspecified atom stereocenters. The Morgan fingerprint density at radius 2 is 2.00 bits per heavy atom. The number of aromatic nitrogens is 1. The summed E-state index contributed by atoms with van der Waals surface area (Å²) in [5.41, 5.74) is 1.79. The first-order chi connectivity index (χ1) is 8.90. The lowest BCUT2D eigenvalue weighted by atomic mass is 10.1. The summed E-state index contributed by atoms with van der Waals surface area (Å²) < 4.78 is 5.59. The van der Waals surface area contributed by atoms with Crippen LogP contribution in [0.3, 0.4) is 0 Å². The van der Waals surface area contributed by atoms with Gasteiger partial charge in [-0.1, -0.05) is 30.3 Å². The van der Waals surface area contributed by atoms with Crippen LogP contribution in [0.4, 0.5) is 0 Å². The van der Waals surface area contributed by atoms with Gasteiger partial charge in [0, 0.05) is 12.4 Å². The molecule has 0 atom stereocenters. The number of aryl methyl sites for hydroxylation is 1. The third kappa shape index (κ3) is 3.33. The lowest BCUT2D eigenvalue weighted by molar-refractivity contribution is 0.310. The number of ether oxygens (including phenoxy) is 1. The molecule has 0 aliphatic rings. The van der Waals surface area contributed by atoms with Gasteiger partial charge >= 0.3 is 0 Å². The van der Waals surface area contributed by atoms with Crippen molar-refractivity contribution in [3.8, 4) is 11.8 Å². The summed E-state index contributed by atoms with van der Waals surface area (Å²) in [6.07, 6.45) is 5.06. The van der Waals surface area contributed by atoms with Crippen molar-refractivity contribution in [1.82, 2.24) is 4.98 Å². The van der Waals surface area contributed by atoms with Gasteiger partial charge in [-0.2, -0.15) is 5.26 Å². The quantitative estimate of drug-likeness (QED) is 0.752. The zero-order valence-corrected chi connectivity index (χ0v) is 10.0. The standard InChI is InChI=1S/C15H14N2O/c16-11-14-12-17-9-8-15(14)18-10-4-7-13-5-2-1-3-6-13/h1-3,5-6,8-9,12H,4,7,10H2. The van der Waals surface area contributed by atoms with Crippen LogP contribution in [0, 0.1) is 11.3 Å². The molecule has 0 saturated heterocycles. The predicted molar refractivity (Wildman–Crippen MR) is 69.2 cm³/mol. The maximum atomic E-state index is 8.88. The van der Waals surface area contributed by atoms with Gasteiger partial charge in [-0.05, 0) is 24.5 Å². The van der Waals surface area contributed by atoms with Crippen LogP contribution in [0.1, 0.15) is 17.5 Å². The minimum atomic E-state index is 0.484. The highest BCUT2D eigenvalue weighted by Gasteiger charge is 2.01. The van der Waals surface area contributed by atoms with E-state index < -0.39 is 0 Å². The number of benzene rings is 1. The Morgan fingerprint density at radius 1 is 1.17 bits per heavy atom. The molecule has 3 heteroatoms. The van der Waals surface area contributed by atoms with Crippen LogP contribution in [0.2, 0.25) is 0 Å². The molecule has 0 saturated carbocycles. The first-order valence-electron chi connectivity index (χ1n) is 5.91. The summed E-state index contributed by atoms with van der Waals surface area (Å²) in [7, 11) is 0. The molecule has 90 valence electrons. The largest absolute Gasteiger partial charge is 0.492 e. The molecule has 3 nitrogen and oxygen atoms in total. The summed E-state index contributed by atoms with van der Waals surface area (Å²) >= 11 is 0. The van der Waals surface area contributed by atoms with E-state index in [0.717, 1.165) is 12.8 Å². The zero-order chi connectivity index (χ0) is 12.6. The molecule has 2 aromatic rings. The van der Waals surface area contributed by atoms with Gasteiger partial charge in [0.05, 0.1) is 6.61 Å². The summed E-state index contributed by atoms with van der Waals surface area (Å²) in [5.74, 6) is 0.612. The summed E-state index contributed by atoms with van der Waals surface area (Å²) in [5, 5.41) is 8.88. The Hall–Kier alpha value is -2.34. The lowest BCUT2D eigenvalue weighted by Crippen LogP contribution is -2.01. The van der Waals surface area contributed by atoms with Crippen LogP contribution < -0.4 is 4.74 Å². The van der Waals surface area contributed by atoms with E-state index in [1.165, 1.54) is 11.8 Å². The number of hydrogen-bond acceptors (Lipinski definition) is 3. The van der Waals surface area contributed by atoms with Gasteiger partial charge in [0.15, 0.2) is 0 Å². The first-order valence-corrected chi connectivity index (χ1v) is 5.91. The Bertz CT molecular complexity index is 532. The van der Waals surface area contributed by atoms with E-state index in [9.17, 15) is 0 Å². The second-order valence-electron chi connectivity index (χ2n) is 3.92. The fourth-order valence-corrected chi connectivity index (χ4v) is 1.69. The maximum absolute atomic E-state index is 8.88. The van der Waals surface area contributed by atoms with Crippen molar-refractivity contribution < 1.29 is 4.74 Å². The van der Waals surface area contributed by atoms with Gasteiger partial charge in [-0.15, -0.1) is 0 Å². The average Bonchev–Trinajstić information content (AvgIpc) is 2.45. The van der Waals surface area contributed by atoms with Gasteiger partial charge in [0.2, 0.25) is 0 Å². The van der Waals surface area contributed by atoms with Gasteiger partial charge in [-0.3, -0.25) is 4.98 Å². The second kappa shape index (κ2) is 6.41. The fourth-order valence-electron chi connectivity index (χ4n) is 1.69. The molecule has 0 amide bonds. The molecule has 1 aromatic carbocycles. The number of nitriles is 1. The van der Waals surface area contributed by atoms with Crippen LogP contribution in [-0.2, 0) is 6.42 Å². The molecule has 2 rings (SSSR count). The Morgan fingerprint density at radius 3 is 2.78 bits per heavy atom. The van der Waals surface area contributed by atoms with Crippen molar-refractivity contribution >= 4 is 0 Å². The number of nitrogens with zero attached hydrogens (tertiary/aromatic N) is 2. The normalized spacial score (nSPS) is 9.72. The van der Waals surface area contributed by atoms with E-state index in [2.05, 4.69) is 23.2 Å². The highest BCUT2D eigenvalue weighted by atomic mass is 16.5. The topological polar surface area (TPSA) is 45.9 Å². The molecule has 0 aliphatic heterocycles. The monoisotopic (exact) mass is 238 g/mol. The van der Waals surface area contributed by atoms with Gasteiger partial charge in [-0.25, -0.2) is 0 Å². The third-order valence-electron chi connectivity index (χ3n) is 2.61. The minimum Gasteiger partial charge on any atom is -0.492 e. The lowest BCUT2D eigenvalue weighted by Gasteiger charge is -2.07. The van der Waals surface area contributed by atoms with Crippen LogP contribution in [-0.4, -0.2) is 11.6 Å². The highest BCUT2D eigenvalue weighted by Crippen LogP contribution is 2.15. The van der Waals surface area contributed by atoms with Crippen molar-refractivity contribution in [3.05, 3.63) is 59.9 Å². The zero-order valence-electron chi connectivity index (χ0n) is 10.0. The number of rotatable bonds is 5. The van der Waals surface area contributed by atoms with Crippen molar-refractivity contribution in [1.29, 1.82) is 5.26 Å². The molecule has 0 N–H and O–H groups in total. The maximum Gasteiger partial charge on any atom is 0.140 e. The predicted octanol–water partition coefficient (Wildman–Crippen LogP) is 2.96. The van der Waals surface area contributed by atoms with Crippen molar-refractivity contribution in [3.63, 3.8) is 0 Å². The Kier molecular flexibility index (Phi) is 4.32. The van der Waals surface area contributed by atoms with E-state index in [0.29, 0.717) is 17.9 Å². The molecule has 18 heavy (non-hydrogen) atoms. The highest BCUT2D eigenvalue weighted by molar-refractivity contribution is 5.39. The molecule has 0 fully saturated rings. The molecule has 1 aromatic heterocycles. The van der Waals surface area contributed by atoms with Crippen LogP contribution in [0.15, 0.2) is 48.8 Å². The van der Waals surface area contributed by atoms with E-state index >= 15 is 0 Å². The summed E-state index contributed by atoms with van der Waals surface area (Å²) in [4.78, 5) is 3.89. The molecule has 0 radical (unpaired) electrons. The van der Waals surface area contributed by atoms with Gasteiger partial charge in [0.1, 0.15) is 17.4 Å². The van der Waals surface area contributed by atoms with Crippen molar-refractivity contribution in [2.75, 3.05) is 6.61 Å². The summed E-state index contributed by atoms with van der Waals surface area (Å²) in [6.45, 7) is 0.605. The SMILES string of the molecule is N#Cc1cnccc1OCCCc1ccccc1. The van der Waals surface area contributed by atoms with E-state index in [1.807, 2.05) is 18.2 Å². The second-order valence-corrected chi connectivity index (χ2v) is 3.92. The molecule has 0 bridgehead atoms. The van der Waals surface area contributed by atoms with Crippen LogP contribution in [0.25, 0.3) is 0 Å². The Labute approximate surface area is 107 Å². The molecule has 1 heterocycles. The van der Waals surface area contributed by atoms with Crippen molar-refractivity contribution in [2.24, 2.45) is 0 Å². The molecule has 0 aliphatic carbocycles. The Balaban J connectivity index is 1.81. The van der Waals surface area contributed by atoms with Crippen molar-refractivity contribution in [2.45, 2.75) is 12.8 Å².